The van der Waals surface area contributed by atoms with Gasteiger partial charge in [-0.2, -0.15) is 4.31 Å². The lowest BCUT2D eigenvalue weighted by molar-refractivity contribution is -0.117. The number of hydrogen-bond acceptors (Lipinski definition) is 4. The van der Waals surface area contributed by atoms with Gasteiger partial charge in [-0.3, -0.25) is 9.69 Å². The van der Waals surface area contributed by atoms with Gasteiger partial charge in [-0.15, -0.1) is 0 Å². The van der Waals surface area contributed by atoms with E-state index in [0.29, 0.717) is 26.2 Å². The molecule has 148 valence electrons. The third-order valence-corrected chi connectivity index (χ3v) is 6.69. The maximum absolute atomic E-state index is 12.5. The van der Waals surface area contributed by atoms with Crippen LogP contribution in [0.25, 0.3) is 6.08 Å². The van der Waals surface area contributed by atoms with E-state index in [1.54, 1.807) is 6.08 Å². The first-order valence-electron chi connectivity index (χ1n) is 8.94. The smallest absolute Gasteiger partial charge is 0.238 e. The minimum Gasteiger partial charge on any atom is -0.324 e. The van der Waals surface area contributed by atoms with E-state index < -0.39 is 10.0 Å². The zero-order valence-electron chi connectivity index (χ0n) is 15.3. The second-order valence-electron chi connectivity index (χ2n) is 6.46. The summed E-state index contributed by atoms with van der Waals surface area (Å²) in [5.41, 5.74) is 1.56. The number of piperazine rings is 1. The maximum Gasteiger partial charge on any atom is 0.238 e. The molecule has 1 heterocycles. The van der Waals surface area contributed by atoms with Crippen LogP contribution in [0.15, 0.2) is 64.5 Å². The average molecular weight is 464 g/mol. The number of nitrogens with zero attached hydrogens (tertiary/aromatic N) is 2. The number of halogens is 1. The van der Waals surface area contributed by atoms with Gasteiger partial charge in [0.1, 0.15) is 0 Å². The van der Waals surface area contributed by atoms with Gasteiger partial charge in [0.15, 0.2) is 0 Å². The topological polar surface area (TPSA) is 69.7 Å². The Labute approximate surface area is 174 Å². The highest BCUT2D eigenvalue weighted by molar-refractivity contribution is 9.10. The van der Waals surface area contributed by atoms with Crippen molar-refractivity contribution >= 4 is 43.6 Å². The Hall–Kier alpha value is -2.00. The van der Waals surface area contributed by atoms with Crippen molar-refractivity contribution < 1.29 is 13.2 Å². The molecular weight excluding hydrogens is 442 g/mol. The zero-order chi connectivity index (χ0) is 20.0. The van der Waals surface area contributed by atoms with E-state index in [4.69, 9.17) is 0 Å². The summed E-state index contributed by atoms with van der Waals surface area (Å²) in [6.45, 7) is 1.99. The van der Waals surface area contributed by atoms with Crippen molar-refractivity contribution in [2.75, 3.05) is 38.0 Å². The molecule has 1 fully saturated rings. The second-order valence-corrected chi connectivity index (χ2v) is 9.13. The number of nitrogens with one attached hydrogen (secondary N) is 1. The van der Waals surface area contributed by atoms with Gasteiger partial charge in [0, 0.05) is 36.1 Å². The van der Waals surface area contributed by atoms with Crippen molar-refractivity contribution in [2.24, 2.45) is 0 Å². The summed E-state index contributed by atoms with van der Waals surface area (Å²) in [4.78, 5) is 14.2. The number of rotatable bonds is 6. The largest absolute Gasteiger partial charge is 0.324 e. The van der Waals surface area contributed by atoms with Gasteiger partial charge in [-0.1, -0.05) is 42.5 Å². The SMILES string of the molecule is O=C(CN1CCN(S(=O)(=O)C=Cc2ccccc2)CC1)Nc1ccccc1Br. The highest BCUT2D eigenvalue weighted by atomic mass is 79.9. The van der Waals surface area contributed by atoms with Crippen LogP contribution in [-0.4, -0.2) is 56.3 Å². The molecule has 0 radical (unpaired) electrons. The Balaban J connectivity index is 1.50. The standard InChI is InChI=1S/C20H22BrN3O3S/c21-18-8-4-5-9-19(18)22-20(25)16-23-11-13-24(14-12-23)28(26,27)15-10-17-6-2-1-3-7-17/h1-10,15H,11-14,16H2,(H,22,25). The Morgan fingerprint density at radius 3 is 2.32 bits per heavy atom. The van der Waals surface area contributed by atoms with E-state index >= 15 is 0 Å². The Bertz CT molecular complexity index is 940. The van der Waals surface area contributed by atoms with E-state index in [1.165, 1.54) is 9.71 Å². The molecule has 0 aromatic heterocycles. The highest BCUT2D eigenvalue weighted by Crippen LogP contribution is 2.21. The van der Waals surface area contributed by atoms with Crippen LogP contribution in [-0.2, 0) is 14.8 Å². The van der Waals surface area contributed by atoms with E-state index in [9.17, 15) is 13.2 Å². The number of sulfonamides is 1. The number of benzene rings is 2. The number of hydrogen-bond donors (Lipinski definition) is 1. The summed E-state index contributed by atoms with van der Waals surface area (Å²) in [6, 6.07) is 16.7. The van der Waals surface area contributed by atoms with Gasteiger partial charge in [0.25, 0.3) is 0 Å². The van der Waals surface area contributed by atoms with E-state index in [1.807, 2.05) is 59.5 Å². The molecular formula is C20H22BrN3O3S. The van der Waals surface area contributed by atoms with Crippen LogP contribution in [0.4, 0.5) is 5.69 Å². The van der Waals surface area contributed by atoms with Gasteiger partial charge in [-0.25, -0.2) is 8.42 Å². The van der Waals surface area contributed by atoms with Crippen LogP contribution in [0.3, 0.4) is 0 Å². The van der Waals surface area contributed by atoms with Crippen molar-refractivity contribution in [3.63, 3.8) is 0 Å². The van der Waals surface area contributed by atoms with Crippen LogP contribution in [0.1, 0.15) is 5.56 Å². The van der Waals surface area contributed by atoms with E-state index in [-0.39, 0.29) is 12.5 Å². The lowest BCUT2D eigenvalue weighted by Crippen LogP contribution is -2.49. The first-order chi connectivity index (χ1) is 13.4. The molecule has 1 aliphatic rings. The minimum atomic E-state index is -3.47. The monoisotopic (exact) mass is 463 g/mol. The summed E-state index contributed by atoms with van der Waals surface area (Å²) < 4.78 is 27.3. The predicted octanol–water partition coefficient (Wildman–Crippen LogP) is 3.01. The molecule has 0 aliphatic carbocycles. The zero-order valence-corrected chi connectivity index (χ0v) is 17.7. The van der Waals surface area contributed by atoms with E-state index in [0.717, 1.165) is 15.7 Å². The van der Waals surface area contributed by atoms with Crippen LogP contribution >= 0.6 is 15.9 Å². The third-order valence-electron chi connectivity index (χ3n) is 4.44. The van der Waals surface area contributed by atoms with Crippen molar-refractivity contribution in [3.8, 4) is 0 Å². The highest BCUT2D eigenvalue weighted by Gasteiger charge is 2.26. The summed E-state index contributed by atoms with van der Waals surface area (Å²) in [5.74, 6) is -0.118. The van der Waals surface area contributed by atoms with Crippen LogP contribution in [0.2, 0.25) is 0 Å². The molecule has 1 saturated heterocycles. The maximum atomic E-state index is 12.5. The van der Waals surface area contributed by atoms with Crippen molar-refractivity contribution in [1.29, 1.82) is 0 Å². The molecule has 1 aliphatic heterocycles. The number of anilines is 1. The van der Waals surface area contributed by atoms with Crippen LogP contribution in [0.5, 0.6) is 0 Å². The van der Waals surface area contributed by atoms with Gasteiger partial charge in [-0.05, 0) is 39.7 Å². The second kappa shape index (κ2) is 9.47. The summed E-state index contributed by atoms with van der Waals surface area (Å²) in [5, 5.41) is 4.11. The molecule has 8 heteroatoms. The van der Waals surface area contributed by atoms with Crippen molar-refractivity contribution in [3.05, 3.63) is 70.0 Å². The molecule has 0 bridgehead atoms. The minimum absolute atomic E-state index is 0.118. The lowest BCUT2D eigenvalue weighted by atomic mass is 10.2. The molecule has 0 atom stereocenters. The lowest BCUT2D eigenvalue weighted by Gasteiger charge is -2.32. The number of para-hydroxylation sites is 1. The molecule has 28 heavy (non-hydrogen) atoms. The Morgan fingerprint density at radius 1 is 1.00 bits per heavy atom. The van der Waals surface area contributed by atoms with Crippen molar-refractivity contribution in [2.45, 2.75) is 0 Å². The van der Waals surface area contributed by atoms with Crippen LogP contribution < -0.4 is 5.32 Å². The molecule has 0 saturated carbocycles. The van der Waals surface area contributed by atoms with Crippen molar-refractivity contribution in [1.82, 2.24) is 9.21 Å². The van der Waals surface area contributed by atoms with E-state index in [2.05, 4.69) is 21.2 Å². The Morgan fingerprint density at radius 2 is 1.64 bits per heavy atom. The first-order valence-corrected chi connectivity index (χ1v) is 11.2. The average Bonchev–Trinajstić information content (AvgIpc) is 2.69. The summed E-state index contributed by atoms with van der Waals surface area (Å²) in [7, 11) is -3.47. The molecule has 2 aromatic carbocycles. The predicted molar refractivity (Wildman–Crippen MR) is 115 cm³/mol. The molecule has 0 unspecified atom stereocenters. The Kier molecular flexibility index (Phi) is 7.01. The molecule has 2 aromatic rings. The molecule has 6 nitrogen and oxygen atoms in total. The van der Waals surface area contributed by atoms with Gasteiger partial charge in [0.2, 0.25) is 15.9 Å². The fraction of sp³-hybridized carbons (Fsp3) is 0.250. The molecule has 1 amide bonds. The quantitative estimate of drug-likeness (QED) is 0.714. The normalized spacial score (nSPS) is 16.3. The molecule has 1 N–H and O–H groups in total. The number of amides is 1. The number of carbonyl (C=O) groups excluding carboxylic acids is 1. The van der Waals surface area contributed by atoms with Gasteiger partial charge in [0.05, 0.1) is 12.2 Å². The first kappa shape index (κ1) is 20.7. The number of carbonyl (C=O) groups is 1. The molecule has 3 rings (SSSR count). The third kappa shape index (κ3) is 5.75. The summed E-state index contributed by atoms with van der Waals surface area (Å²) >= 11 is 3.40. The molecule has 0 spiro atoms. The fourth-order valence-electron chi connectivity index (χ4n) is 2.91. The summed E-state index contributed by atoms with van der Waals surface area (Å²) in [6.07, 6.45) is 1.60. The van der Waals surface area contributed by atoms with Gasteiger partial charge >= 0.3 is 0 Å². The van der Waals surface area contributed by atoms with Gasteiger partial charge < -0.3 is 5.32 Å². The fourth-order valence-corrected chi connectivity index (χ4v) is 4.47. The van der Waals surface area contributed by atoms with Crippen LogP contribution in [0, 0.1) is 0 Å².